The Kier molecular flexibility index (Phi) is 6.37. The van der Waals surface area contributed by atoms with Crippen molar-refractivity contribution in [1.82, 2.24) is 9.88 Å². The number of aromatic nitrogens is 1. The van der Waals surface area contributed by atoms with Crippen molar-refractivity contribution in [1.29, 1.82) is 0 Å². The molecule has 1 aromatic heterocycles. The largest absolute Gasteiger partial charge is 0.497 e. The quantitative estimate of drug-likeness (QED) is 0.330. The van der Waals surface area contributed by atoms with E-state index in [1.807, 2.05) is 55.5 Å². The first-order valence-corrected chi connectivity index (χ1v) is 10.5. The molecule has 0 fully saturated rings. The third kappa shape index (κ3) is 4.89. The molecule has 4 nitrogen and oxygen atoms in total. The summed E-state index contributed by atoms with van der Waals surface area (Å²) in [6.07, 6.45) is 0. The minimum Gasteiger partial charge on any atom is -0.497 e. The highest BCUT2D eigenvalue weighted by molar-refractivity contribution is 6.30. The minimum absolute atomic E-state index is 0.224. The highest BCUT2D eigenvalue weighted by atomic mass is 35.5. The van der Waals surface area contributed by atoms with E-state index in [9.17, 15) is 9.18 Å². The Balaban J connectivity index is 1.72. The summed E-state index contributed by atoms with van der Waals surface area (Å²) in [6.45, 7) is 2.57. The van der Waals surface area contributed by atoms with Crippen LogP contribution in [0.25, 0.3) is 10.9 Å². The molecule has 0 saturated heterocycles. The lowest BCUT2D eigenvalue weighted by Gasteiger charge is -2.24. The summed E-state index contributed by atoms with van der Waals surface area (Å²) < 4.78 is 19.1. The van der Waals surface area contributed by atoms with Gasteiger partial charge in [0, 0.05) is 29.6 Å². The fraction of sp³-hybridized carbons (Fsp3) is 0.154. The highest BCUT2D eigenvalue weighted by Crippen LogP contribution is 2.26. The molecular formula is C26H22ClFN2O2. The van der Waals surface area contributed by atoms with Crippen LogP contribution >= 0.6 is 11.6 Å². The number of carbonyl (C=O) groups excluding carboxylic acids is 1. The third-order valence-electron chi connectivity index (χ3n) is 5.22. The van der Waals surface area contributed by atoms with E-state index >= 15 is 0 Å². The number of hydrogen-bond acceptors (Lipinski definition) is 3. The molecule has 32 heavy (non-hydrogen) atoms. The first-order chi connectivity index (χ1) is 15.4. The number of hydrogen-bond donors (Lipinski definition) is 0. The standard InChI is InChI=1S/C26H22ClFN2O2/c1-17-5-3-6-18(11-17)15-30(26(31)19-7-4-8-22(28)13-19)16-21-12-20-14-23(32-2)9-10-24(20)29-25(21)27/h3-14H,15-16H2,1-2H3. The molecule has 1 heterocycles. The van der Waals surface area contributed by atoms with Gasteiger partial charge in [-0.15, -0.1) is 0 Å². The van der Waals surface area contributed by atoms with Gasteiger partial charge in [-0.05, 0) is 55.0 Å². The number of benzene rings is 3. The normalized spacial score (nSPS) is 10.9. The molecule has 0 spiro atoms. The number of carbonyl (C=O) groups is 1. The molecule has 4 rings (SSSR count). The van der Waals surface area contributed by atoms with Crippen LogP contribution in [0.15, 0.2) is 72.8 Å². The number of halogens is 2. The van der Waals surface area contributed by atoms with E-state index < -0.39 is 5.82 Å². The maximum atomic E-state index is 13.8. The number of nitrogens with zero attached hydrogens (tertiary/aromatic N) is 2. The van der Waals surface area contributed by atoms with E-state index in [1.165, 1.54) is 18.2 Å². The Hall–Kier alpha value is -3.44. The van der Waals surface area contributed by atoms with Crippen molar-refractivity contribution in [3.8, 4) is 5.75 Å². The van der Waals surface area contributed by atoms with Crippen LogP contribution in [0.3, 0.4) is 0 Å². The number of amides is 1. The van der Waals surface area contributed by atoms with Crippen molar-refractivity contribution in [2.45, 2.75) is 20.0 Å². The van der Waals surface area contributed by atoms with Crippen LogP contribution in [0.4, 0.5) is 4.39 Å². The minimum atomic E-state index is -0.455. The lowest BCUT2D eigenvalue weighted by molar-refractivity contribution is 0.0729. The molecule has 6 heteroatoms. The molecule has 0 aliphatic heterocycles. The average Bonchev–Trinajstić information content (AvgIpc) is 2.78. The highest BCUT2D eigenvalue weighted by Gasteiger charge is 2.19. The van der Waals surface area contributed by atoms with Gasteiger partial charge in [-0.3, -0.25) is 4.79 Å². The first kappa shape index (κ1) is 21.8. The monoisotopic (exact) mass is 448 g/mol. The second-order valence-corrected chi connectivity index (χ2v) is 8.02. The zero-order valence-corrected chi connectivity index (χ0v) is 18.6. The molecule has 1 amide bonds. The number of pyridine rings is 1. The van der Waals surface area contributed by atoms with Crippen LogP contribution < -0.4 is 4.74 Å². The third-order valence-corrected chi connectivity index (χ3v) is 5.55. The molecular weight excluding hydrogens is 427 g/mol. The first-order valence-electron chi connectivity index (χ1n) is 10.2. The summed E-state index contributed by atoms with van der Waals surface area (Å²) in [6, 6.07) is 21.1. The van der Waals surface area contributed by atoms with Gasteiger partial charge in [0.25, 0.3) is 5.91 Å². The molecule has 0 atom stereocenters. The number of rotatable bonds is 6. The van der Waals surface area contributed by atoms with E-state index in [0.717, 1.165) is 22.0 Å². The topological polar surface area (TPSA) is 42.4 Å². The van der Waals surface area contributed by atoms with Gasteiger partial charge >= 0.3 is 0 Å². The van der Waals surface area contributed by atoms with Gasteiger partial charge in [0.05, 0.1) is 12.6 Å². The summed E-state index contributed by atoms with van der Waals surface area (Å²) in [5, 5.41) is 1.18. The van der Waals surface area contributed by atoms with Crippen LogP contribution in [0.2, 0.25) is 5.15 Å². The summed E-state index contributed by atoms with van der Waals surface area (Å²) in [5.74, 6) is -0.0308. The zero-order valence-electron chi connectivity index (χ0n) is 17.8. The molecule has 162 valence electrons. The fourth-order valence-electron chi connectivity index (χ4n) is 3.65. The van der Waals surface area contributed by atoms with Gasteiger partial charge in [-0.25, -0.2) is 9.37 Å². The van der Waals surface area contributed by atoms with Crippen molar-refractivity contribution < 1.29 is 13.9 Å². The van der Waals surface area contributed by atoms with E-state index in [4.69, 9.17) is 16.3 Å². The average molecular weight is 449 g/mol. The van der Waals surface area contributed by atoms with Crippen LogP contribution in [-0.4, -0.2) is 22.9 Å². The molecule has 0 radical (unpaired) electrons. The van der Waals surface area contributed by atoms with Crippen LogP contribution in [0.5, 0.6) is 5.75 Å². The Bertz CT molecular complexity index is 1290. The predicted octanol–water partition coefficient (Wildman–Crippen LogP) is 6.19. The SMILES string of the molecule is COc1ccc2nc(Cl)c(CN(Cc3cccc(C)c3)C(=O)c3cccc(F)c3)cc2c1. The van der Waals surface area contributed by atoms with Crippen molar-refractivity contribution >= 4 is 28.4 Å². The molecule has 0 saturated carbocycles. The summed E-state index contributed by atoms with van der Waals surface area (Å²) in [4.78, 5) is 19.5. The maximum Gasteiger partial charge on any atom is 0.254 e. The molecule has 0 N–H and O–H groups in total. The lowest BCUT2D eigenvalue weighted by Crippen LogP contribution is -2.30. The zero-order chi connectivity index (χ0) is 22.7. The molecule has 4 aromatic rings. The second-order valence-electron chi connectivity index (χ2n) is 7.66. The smallest absolute Gasteiger partial charge is 0.254 e. The summed E-state index contributed by atoms with van der Waals surface area (Å²) >= 11 is 6.48. The number of fused-ring (bicyclic) bond motifs is 1. The van der Waals surface area contributed by atoms with Crippen molar-refractivity contribution in [2.24, 2.45) is 0 Å². The number of methoxy groups -OCH3 is 1. The summed E-state index contributed by atoms with van der Waals surface area (Å²) in [5.41, 5.74) is 3.79. The lowest BCUT2D eigenvalue weighted by atomic mass is 10.1. The molecule has 0 aliphatic rings. The molecule has 0 bridgehead atoms. The number of aryl methyl sites for hydroxylation is 1. The van der Waals surface area contributed by atoms with Crippen molar-refractivity contribution in [3.05, 3.63) is 106 Å². The summed E-state index contributed by atoms with van der Waals surface area (Å²) in [7, 11) is 1.60. The van der Waals surface area contributed by atoms with E-state index in [2.05, 4.69) is 4.98 Å². The van der Waals surface area contributed by atoms with Gasteiger partial charge < -0.3 is 9.64 Å². The van der Waals surface area contributed by atoms with Crippen molar-refractivity contribution in [3.63, 3.8) is 0 Å². The van der Waals surface area contributed by atoms with Crippen molar-refractivity contribution in [2.75, 3.05) is 7.11 Å². The number of ether oxygens (including phenoxy) is 1. The molecule has 0 aliphatic carbocycles. The maximum absolute atomic E-state index is 13.8. The fourth-order valence-corrected chi connectivity index (χ4v) is 3.86. The molecule has 0 unspecified atom stereocenters. The van der Waals surface area contributed by atoms with Gasteiger partial charge in [-0.2, -0.15) is 0 Å². The van der Waals surface area contributed by atoms with Gasteiger partial charge in [0.15, 0.2) is 0 Å². The Labute approximate surface area is 191 Å². The van der Waals surface area contributed by atoms with Crippen LogP contribution in [-0.2, 0) is 13.1 Å². The second kappa shape index (κ2) is 9.37. The van der Waals surface area contributed by atoms with E-state index in [1.54, 1.807) is 18.1 Å². The Morgan fingerprint density at radius 3 is 2.59 bits per heavy atom. The van der Waals surface area contributed by atoms with Gasteiger partial charge in [-0.1, -0.05) is 47.5 Å². The Morgan fingerprint density at radius 2 is 1.84 bits per heavy atom. The van der Waals surface area contributed by atoms with Crippen LogP contribution in [0.1, 0.15) is 27.0 Å². The Morgan fingerprint density at radius 1 is 1.03 bits per heavy atom. The van der Waals surface area contributed by atoms with Crippen LogP contribution in [0, 0.1) is 12.7 Å². The van der Waals surface area contributed by atoms with Gasteiger partial charge in [0.2, 0.25) is 0 Å². The molecule has 3 aromatic carbocycles. The van der Waals surface area contributed by atoms with E-state index in [0.29, 0.717) is 23.0 Å². The van der Waals surface area contributed by atoms with Gasteiger partial charge in [0.1, 0.15) is 16.7 Å². The predicted molar refractivity (Wildman–Crippen MR) is 124 cm³/mol. The van der Waals surface area contributed by atoms with E-state index in [-0.39, 0.29) is 18.0 Å².